The van der Waals surface area contributed by atoms with Gasteiger partial charge in [0.15, 0.2) is 18.0 Å². The van der Waals surface area contributed by atoms with Crippen molar-refractivity contribution in [1.29, 1.82) is 0 Å². The summed E-state index contributed by atoms with van der Waals surface area (Å²) < 4.78 is 10.6. The predicted molar refractivity (Wildman–Crippen MR) is 114 cm³/mol. The number of carbonyl (C=O) groups excluding carboxylic acids is 1. The highest BCUT2D eigenvalue weighted by Crippen LogP contribution is 2.27. The number of amides is 1. The molecule has 0 bridgehead atoms. The molecule has 0 aromatic heterocycles. The van der Waals surface area contributed by atoms with Gasteiger partial charge in [-0.2, -0.15) is 0 Å². The van der Waals surface area contributed by atoms with E-state index < -0.39 is 0 Å². The van der Waals surface area contributed by atoms with Crippen LogP contribution in [-0.2, 0) is 24.1 Å². The second kappa shape index (κ2) is 10.7. The highest BCUT2D eigenvalue weighted by molar-refractivity contribution is 5.93. The Labute approximate surface area is 168 Å². The predicted octanol–water partition coefficient (Wildman–Crippen LogP) is 2.52. The molecule has 0 saturated carbocycles. The van der Waals surface area contributed by atoms with Crippen molar-refractivity contribution in [3.05, 3.63) is 53.1 Å². The van der Waals surface area contributed by atoms with Crippen LogP contribution < -0.4 is 19.7 Å². The van der Waals surface area contributed by atoms with Gasteiger partial charge in [-0.05, 0) is 41.7 Å². The quantitative estimate of drug-likeness (QED) is 0.661. The minimum absolute atomic E-state index is 0.0559. The fourth-order valence-corrected chi connectivity index (χ4v) is 3.34. The summed E-state index contributed by atoms with van der Waals surface area (Å²) in [5.74, 6) is 1.52. The molecule has 2 aromatic carbocycles. The third kappa shape index (κ3) is 5.73. The van der Waals surface area contributed by atoms with E-state index in [0.29, 0.717) is 6.54 Å². The molecule has 1 atom stereocenters. The van der Waals surface area contributed by atoms with Crippen molar-refractivity contribution in [2.75, 3.05) is 39.7 Å². The number of rotatable bonds is 10. The Kier molecular flexibility index (Phi) is 8.33. The smallest absolute Gasteiger partial charge is 0.279 e. The minimum atomic E-state index is 0.0559. The number of aryl methyl sites for hydroxylation is 2. The number of anilines is 1. The van der Waals surface area contributed by atoms with Crippen LogP contribution >= 0.6 is 0 Å². The highest BCUT2D eigenvalue weighted by atomic mass is 16.5. The summed E-state index contributed by atoms with van der Waals surface area (Å²) in [6, 6.07) is 12.2. The Hall–Kier alpha value is -2.53. The lowest BCUT2D eigenvalue weighted by Gasteiger charge is -2.17. The molecule has 2 aromatic rings. The first kappa shape index (κ1) is 21.8. The van der Waals surface area contributed by atoms with Crippen molar-refractivity contribution in [3.63, 3.8) is 0 Å². The Morgan fingerprint density at radius 1 is 1.00 bits per heavy atom. The lowest BCUT2D eigenvalue weighted by molar-refractivity contribution is -0.870. The van der Waals surface area contributed by atoms with E-state index in [4.69, 9.17) is 9.47 Å². The molecule has 0 saturated heterocycles. The zero-order valence-corrected chi connectivity index (χ0v) is 17.7. The van der Waals surface area contributed by atoms with E-state index in [0.717, 1.165) is 43.0 Å². The second-order valence-corrected chi connectivity index (χ2v) is 7.03. The van der Waals surface area contributed by atoms with Gasteiger partial charge in [0, 0.05) is 12.1 Å². The van der Waals surface area contributed by atoms with Gasteiger partial charge in [-0.3, -0.25) is 4.79 Å². The molecule has 1 unspecified atom stereocenters. The summed E-state index contributed by atoms with van der Waals surface area (Å²) in [6.45, 7) is 5.53. The monoisotopic (exact) mass is 385 g/mol. The van der Waals surface area contributed by atoms with E-state index in [9.17, 15) is 4.79 Å². The van der Waals surface area contributed by atoms with Crippen LogP contribution in [0, 0.1) is 0 Å². The molecule has 152 valence electrons. The van der Waals surface area contributed by atoms with Gasteiger partial charge in [0.25, 0.3) is 5.91 Å². The summed E-state index contributed by atoms with van der Waals surface area (Å²) in [7, 11) is 5.32. The molecular formula is C23H33N2O3+. The number of para-hydroxylation sites is 1. The third-order valence-electron chi connectivity index (χ3n) is 5.01. The number of hydrogen-bond acceptors (Lipinski definition) is 3. The lowest BCUT2D eigenvalue weighted by atomic mass is 10.0. The van der Waals surface area contributed by atoms with Gasteiger partial charge < -0.3 is 19.7 Å². The van der Waals surface area contributed by atoms with E-state index >= 15 is 0 Å². The minimum Gasteiger partial charge on any atom is -0.493 e. The molecule has 28 heavy (non-hydrogen) atoms. The number of methoxy groups -OCH3 is 2. The van der Waals surface area contributed by atoms with Crippen LogP contribution in [0.5, 0.6) is 11.5 Å². The number of hydrogen-bond donors (Lipinski definition) is 2. The fraction of sp³-hybridized carbons (Fsp3) is 0.435. The number of ether oxygens (including phenoxy) is 2. The molecule has 0 spiro atoms. The van der Waals surface area contributed by atoms with Gasteiger partial charge in [-0.1, -0.05) is 38.1 Å². The van der Waals surface area contributed by atoms with Crippen LogP contribution in [0.2, 0.25) is 0 Å². The fourth-order valence-electron chi connectivity index (χ4n) is 3.34. The van der Waals surface area contributed by atoms with Crippen LogP contribution in [0.4, 0.5) is 5.69 Å². The Morgan fingerprint density at radius 3 is 2.21 bits per heavy atom. The molecule has 0 aliphatic carbocycles. The maximum atomic E-state index is 12.6. The first-order valence-electron chi connectivity index (χ1n) is 9.95. The van der Waals surface area contributed by atoms with Crippen LogP contribution in [0.25, 0.3) is 0 Å². The second-order valence-electron chi connectivity index (χ2n) is 7.03. The van der Waals surface area contributed by atoms with Crippen molar-refractivity contribution in [1.82, 2.24) is 0 Å². The van der Waals surface area contributed by atoms with Crippen molar-refractivity contribution in [3.8, 4) is 11.5 Å². The van der Waals surface area contributed by atoms with Gasteiger partial charge >= 0.3 is 0 Å². The van der Waals surface area contributed by atoms with Gasteiger partial charge in [-0.15, -0.1) is 0 Å². The molecule has 0 radical (unpaired) electrons. The van der Waals surface area contributed by atoms with E-state index in [1.54, 1.807) is 14.2 Å². The van der Waals surface area contributed by atoms with E-state index in [2.05, 4.69) is 37.4 Å². The van der Waals surface area contributed by atoms with Gasteiger partial charge in [0.2, 0.25) is 0 Å². The zero-order valence-electron chi connectivity index (χ0n) is 17.7. The van der Waals surface area contributed by atoms with E-state index in [1.165, 1.54) is 21.6 Å². The maximum Gasteiger partial charge on any atom is 0.279 e. The lowest BCUT2D eigenvalue weighted by Crippen LogP contribution is -3.10. The summed E-state index contributed by atoms with van der Waals surface area (Å²) in [6.07, 6.45) is 2.68. The maximum absolute atomic E-state index is 12.6. The molecule has 5 nitrogen and oxygen atoms in total. The van der Waals surface area contributed by atoms with E-state index in [-0.39, 0.29) is 5.91 Å². The standard InChI is InChI=1S/C23H32N2O3/c1-6-18-9-8-10-19(7-2)23(18)24-22(26)16-25(3)14-13-17-11-12-20(27-4)21(15-17)28-5/h8-12,15H,6-7,13-14,16H2,1-5H3,(H,24,26)/p+1. The summed E-state index contributed by atoms with van der Waals surface area (Å²) >= 11 is 0. The van der Waals surface area contributed by atoms with Crippen LogP contribution in [-0.4, -0.2) is 40.3 Å². The zero-order chi connectivity index (χ0) is 20.5. The largest absolute Gasteiger partial charge is 0.493 e. The molecule has 2 N–H and O–H groups in total. The number of benzene rings is 2. The molecule has 2 rings (SSSR count). The summed E-state index contributed by atoms with van der Waals surface area (Å²) in [4.78, 5) is 13.8. The van der Waals surface area contributed by atoms with Gasteiger partial charge in [-0.25, -0.2) is 0 Å². The molecule has 0 aliphatic rings. The van der Waals surface area contributed by atoms with Gasteiger partial charge in [0.05, 0.1) is 27.8 Å². The number of nitrogens with one attached hydrogen (secondary N) is 2. The normalized spacial score (nSPS) is 11.8. The highest BCUT2D eigenvalue weighted by Gasteiger charge is 2.14. The third-order valence-corrected chi connectivity index (χ3v) is 5.01. The molecule has 0 fully saturated rings. The molecular weight excluding hydrogens is 352 g/mol. The number of quaternary nitrogens is 1. The van der Waals surface area contributed by atoms with E-state index in [1.807, 2.05) is 25.2 Å². The average Bonchev–Trinajstić information content (AvgIpc) is 2.71. The Bertz CT molecular complexity index is 767. The van der Waals surface area contributed by atoms with Crippen molar-refractivity contribution in [2.45, 2.75) is 33.1 Å². The molecule has 1 amide bonds. The Balaban J connectivity index is 1.93. The molecule has 5 heteroatoms. The summed E-state index contributed by atoms with van der Waals surface area (Å²) in [5.41, 5.74) is 4.54. The van der Waals surface area contributed by atoms with Crippen LogP contribution in [0.3, 0.4) is 0 Å². The first-order chi connectivity index (χ1) is 13.5. The van der Waals surface area contributed by atoms with Crippen molar-refractivity contribution in [2.24, 2.45) is 0 Å². The van der Waals surface area contributed by atoms with Crippen LogP contribution in [0.15, 0.2) is 36.4 Å². The molecule has 0 aliphatic heterocycles. The topological polar surface area (TPSA) is 52.0 Å². The van der Waals surface area contributed by atoms with Gasteiger partial charge in [0.1, 0.15) is 0 Å². The Morgan fingerprint density at radius 2 is 1.64 bits per heavy atom. The number of carbonyl (C=O) groups is 1. The SMILES string of the molecule is CCc1cccc(CC)c1NC(=O)C[NH+](C)CCc1ccc(OC)c(OC)c1. The van der Waals surface area contributed by atoms with Crippen molar-refractivity contribution < 1.29 is 19.2 Å². The van der Waals surface area contributed by atoms with Crippen molar-refractivity contribution >= 4 is 11.6 Å². The average molecular weight is 386 g/mol. The number of likely N-dealkylation sites (N-methyl/N-ethyl adjacent to an activating group) is 1. The first-order valence-corrected chi connectivity index (χ1v) is 9.95. The summed E-state index contributed by atoms with van der Waals surface area (Å²) in [5, 5.41) is 3.15. The van der Waals surface area contributed by atoms with Crippen LogP contribution in [0.1, 0.15) is 30.5 Å². The molecule has 0 heterocycles.